The van der Waals surface area contributed by atoms with Gasteiger partial charge in [0.2, 0.25) is 15.9 Å². The number of morpholine rings is 1. The number of ether oxygens (including phenoxy) is 1. The van der Waals surface area contributed by atoms with Gasteiger partial charge in [-0.05, 0) is 18.2 Å². The van der Waals surface area contributed by atoms with Crippen molar-refractivity contribution < 1.29 is 22.3 Å². The summed E-state index contributed by atoms with van der Waals surface area (Å²) in [6.07, 6.45) is 1.27. The first-order chi connectivity index (χ1) is 18.8. The van der Waals surface area contributed by atoms with E-state index in [0.717, 1.165) is 17.7 Å². The van der Waals surface area contributed by atoms with Gasteiger partial charge < -0.3 is 19.5 Å². The van der Waals surface area contributed by atoms with Crippen LogP contribution in [-0.4, -0.2) is 93.7 Å². The van der Waals surface area contributed by atoms with Crippen molar-refractivity contribution in [3.63, 3.8) is 0 Å². The second-order valence-corrected chi connectivity index (χ2v) is 11.5. The average molecular weight is 558 g/mol. The standard InChI is InChI=1S/C27H32FN5O5S/c28-23-7-3-4-8-24(23)31-11-13-33(14-12-31)39(36,37)25-19-32(27(35)22-6-2-1-5-21(22)25)20-26(34)29-9-10-30-15-17-38-18-16-30/h1-8,19H,9-18,20H2,(H,29,34). The number of carbonyl (C=O) groups excluding carboxylic acids is 1. The highest BCUT2D eigenvalue weighted by Crippen LogP contribution is 2.26. The Hall–Kier alpha value is -3.32. The second-order valence-electron chi connectivity index (χ2n) is 9.62. The SMILES string of the molecule is O=C(Cn1cc(S(=O)(=O)N2CCN(c3ccccc3F)CC2)c2ccccc2c1=O)NCCN1CCOCC1. The van der Waals surface area contributed by atoms with Crippen LogP contribution >= 0.6 is 0 Å². The fourth-order valence-corrected chi connectivity index (χ4v) is 6.68. The Balaban J connectivity index is 1.34. The number of carbonyl (C=O) groups is 1. The predicted molar refractivity (Wildman–Crippen MR) is 146 cm³/mol. The Morgan fingerprint density at radius 1 is 0.923 bits per heavy atom. The van der Waals surface area contributed by atoms with Crippen LogP contribution in [0.25, 0.3) is 10.8 Å². The number of pyridine rings is 1. The highest BCUT2D eigenvalue weighted by Gasteiger charge is 2.31. The van der Waals surface area contributed by atoms with E-state index in [9.17, 15) is 22.4 Å². The lowest BCUT2D eigenvalue weighted by Crippen LogP contribution is -2.49. The van der Waals surface area contributed by atoms with Crippen molar-refractivity contribution in [2.24, 2.45) is 0 Å². The molecule has 3 aromatic rings. The number of nitrogens with one attached hydrogen (secondary N) is 1. The summed E-state index contributed by atoms with van der Waals surface area (Å²) in [5.41, 5.74) is 0.00503. The highest BCUT2D eigenvalue weighted by molar-refractivity contribution is 7.89. The smallest absolute Gasteiger partial charge is 0.258 e. The van der Waals surface area contributed by atoms with E-state index in [4.69, 9.17) is 4.74 Å². The molecule has 0 bridgehead atoms. The summed E-state index contributed by atoms with van der Waals surface area (Å²) in [6, 6.07) is 12.9. The van der Waals surface area contributed by atoms with Gasteiger partial charge in [-0.3, -0.25) is 14.5 Å². The third kappa shape index (κ3) is 5.98. The Morgan fingerprint density at radius 2 is 1.59 bits per heavy atom. The summed E-state index contributed by atoms with van der Waals surface area (Å²) in [6.45, 7) is 4.68. The maximum Gasteiger partial charge on any atom is 0.258 e. The molecule has 3 heterocycles. The molecule has 0 unspecified atom stereocenters. The topological polar surface area (TPSA) is 104 Å². The van der Waals surface area contributed by atoms with Crippen LogP contribution in [0.3, 0.4) is 0 Å². The maximum atomic E-state index is 14.3. The Labute approximate surface area is 226 Å². The third-order valence-corrected chi connectivity index (χ3v) is 9.10. The fraction of sp³-hybridized carbons (Fsp3) is 0.407. The number of hydrogen-bond acceptors (Lipinski definition) is 7. The lowest BCUT2D eigenvalue weighted by molar-refractivity contribution is -0.121. The van der Waals surface area contributed by atoms with Crippen LogP contribution in [0.15, 0.2) is 64.4 Å². The zero-order valence-corrected chi connectivity index (χ0v) is 22.4. The number of fused-ring (bicyclic) bond motifs is 1. The molecule has 0 radical (unpaired) electrons. The number of sulfonamides is 1. The molecule has 2 saturated heterocycles. The molecule has 10 nitrogen and oxygen atoms in total. The molecule has 1 aromatic heterocycles. The first-order valence-corrected chi connectivity index (χ1v) is 14.5. The first kappa shape index (κ1) is 27.3. The van der Waals surface area contributed by atoms with Gasteiger partial charge in [0.05, 0.1) is 18.9 Å². The van der Waals surface area contributed by atoms with Gasteiger partial charge in [-0.2, -0.15) is 4.31 Å². The molecular formula is C27H32FN5O5S. The number of halogens is 1. The molecule has 2 fully saturated rings. The summed E-state index contributed by atoms with van der Waals surface area (Å²) >= 11 is 0. The largest absolute Gasteiger partial charge is 0.379 e. The van der Waals surface area contributed by atoms with Crippen LogP contribution in [0.2, 0.25) is 0 Å². The van der Waals surface area contributed by atoms with E-state index >= 15 is 0 Å². The Bertz CT molecular complexity index is 1500. The number of amides is 1. The predicted octanol–water partition coefficient (Wildman–Crippen LogP) is 1.10. The van der Waals surface area contributed by atoms with E-state index in [0.29, 0.717) is 50.5 Å². The molecule has 2 aromatic carbocycles. The lowest BCUT2D eigenvalue weighted by atomic mass is 10.2. The normalized spacial score (nSPS) is 17.4. The van der Waals surface area contributed by atoms with Crippen molar-refractivity contribution in [1.29, 1.82) is 0 Å². The molecule has 1 amide bonds. The van der Waals surface area contributed by atoms with Crippen molar-refractivity contribution in [2.45, 2.75) is 11.4 Å². The van der Waals surface area contributed by atoms with E-state index < -0.39 is 15.6 Å². The third-order valence-electron chi connectivity index (χ3n) is 7.17. The van der Waals surface area contributed by atoms with Crippen LogP contribution in [0.4, 0.5) is 10.1 Å². The van der Waals surface area contributed by atoms with Gasteiger partial charge in [-0.25, -0.2) is 12.8 Å². The molecule has 208 valence electrons. The number of anilines is 1. The van der Waals surface area contributed by atoms with Gasteiger partial charge in [0, 0.05) is 69.3 Å². The number of rotatable bonds is 8. The quantitative estimate of drug-likeness (QED) is 0.443. The molecule has 5 rings (SSSR count). The van der Waals surface area contributed by atoms with Crippen molar-refractivity contribution in [2.75, 3.05) is 70.5 Å². The first-order valence-electron chi connectivity index (χ1n) is 13.0. The summed E-state index contributed by atoms with van der Waals surface area (Å²) < 4.78 is 49.7. The van der Waals surface area contributed by atoms with Gasteiger partial charge >= 0.3 is 0 Å². The fourth-order valence-electron chi connectivity index (χ4n) is 5.04. The molecule has 0 spiro atoms. The molecule has 2 aliphatic rings. The lowest BCUT2D eigenvalue weighted by Gasteiger charge is -2.35. The van der Waals surface area contributed by atoms with Gasteiger partial charge in [-0.15, -0.1) is 0 Å². The van der Waals surface area contributed by atoms with Crippen LogP contribution in [-0.2, 0) is 26.1 Å². The minimum atomic E-state index is -4.01. The molecule has 1 N–H and O–H groups in total. The monoisotopic (exact) mass is 557 g/mol. The number of piperazine rings is 1. The number of aromatic nitrogens is 1. The highest BCUT2D eigenvalue weighted by atomic mass is 32.2. The summed E-state index contributed by atoms with van der Waals surface area (Å²) in [7, 11) is -4.01. The van der Waals surface area contributed by atoms with Crippen molar-refractivity contribution in [1.82, 2.24) is 19.1 Å². The average Bonchev–Trinajstić information content (AvgIpc) is 2.95. The number of nitrogens with zero attached hydrogens (tertiary/aromatic N) is 4. The molecule has 0 saturated carbocycles. The zero-order chi connectivity index (χ0) is 27.4. The van der Waals surface area contributed by atoms with Crippen LogP contribution in [0, 0.1) is 5.82 Å². The molecule has 12 heteroatoms. The van der Waals surface area contributed by atoms with E-state index in [-0.39, 0.29) is 41.6 Å². The van der Waals surface area contributed by atoms with E-state index in [2.05, 4.69) is 10.2 Å². The number of benzene rings is 2. The zero-order valence-electron chi connectivity index (χ0n) is 21.6. The number of para-hydroxylation sites is 1. The van der Waals surface area contributed by atoms with Crippen LogP contribution < -0.4 is 15.8 Å². The van der Waals surface area contributed by atoms with Gasteiger partial charge in [-0.1, -0.05) is 30.3 Å². The van der Waals surface area contributed by atoms with Crippen molar-refractivity contribution in [3.05, 3.63) is 70.9 Å². The van der Waals surface area contributed by atoms with Gasteiger partial charge in [0.1, 0.15) is 17.3 Å². The number of hydrogen-bond donors (Lipinski definition) is 1. The van der Waals surface area contributed by atoms with E-state index in [1.165, 1.54) is 16.6 Å². The Kier molecular flexibility index (Phi) is 8.26. The molecular weight excluding hydrogens is 525 g/mol. The van der Waals surface area contributed by atoms with Crippen molar-refractivity contribution >= 4 is 32.4 Å². The van der Waals surface area contributed by atoms with Gasteiger partial charge in [0.15, 0.2) is 0 Å². The summed E-state index contributed by atoms with van der Waals surface area (Å²) in [5.74, 6) is -0.724. The van der Waals surface area contributed by atoms with Crippen LogP contribution in [0.1, 0.15) is 0 Å². The van der Waals surface area contributed by atoms with Gasteiger partial charge in [0.25, 0.3) is 5.56 Å². The molecule has 39 heavy (non-hydrogen) atoms. The van der Waals surface area contributed by atoms with Crippen molar-refractivity contribution in [3.8, 4) is 0 Å². The van der Waals surface area contributed by atoms with E-state index in [1.54, 1.807) is 42.5 Å². The Morgan fingerprint density at radius 3 is 2.31 bits per heavy atom. The summed E-state index contributed by atoms with van der Waals surface area (Å²) in [4.78, 5) is 29.9. The molecule has 0 aliphatic carbocycles. The minimum absolute atomic E-state index is 0.0295. The molecule has 2 aliphatic heterocycles. The molecule has 0 atom stereocenters. The summed E-state index contributed by atoms with van der Waals surface area (Å²) in [5, 5.41) is 3.36. The van der Waals surface area contributed by atoms with E-state index in [1.807, 2.05) is 4.90 Å². The van der Waals surface area contributed by atoms with Crippen LogP contribution in [0.5, 0.6) is 0 Å². The minimum Gasteiger partial charge on any atom is -0.379 e. The second kappa shape index (κ2) is 11.8. The maximum absolute atomic E-state index is 14.3.